The van der Waals surface area contributed by atoms with Gasteiger partial charge in [-0.15, -0.1) is 0 Å². The average molecular weight is 195 g/mol. The van der Waals surface area contributed by atoms with Crippen LogP contribution < -0.4 is 5.73 Å². The number of fused-ring (bicyclic) bond motifs is 3. The van der Waals surface area contributed by atoms with Crippen LogP contribution in [0, 0.1) is 0 Å². The van der Waals surface area contributed by atoms with Crippen molar-refractivity contribution in [2.75, 3.05) is 5.73 Å². The average Bonchev–Trinajstić information content (AvgIpc) is 2.63. The molecule has 0 aliphatic heterocycles. The van der Waals surface area contributed by atoms with E-state index in [1.807, 2.05) is 30.3 Å². The molecule has 0 unspecified atom stereocenters. The molecule has 0 fully saturated rings. The van der Waals surface area contributed by atoms with E-state index >= 15 is 0 Å². The summed E-state index contributed by atoms with van der Waals surface area (Å²) in [5.41, 5.74) is 8.50. The molecule has 2 heterocycles. The van der Waals surface area contributed by atoms with Gasteiger partial charge in [-0.1, -0.05) is 6.07 Å². The maximum atomic E-state index is 5.98. The number of hydrogen-bond acceptors (Lipinski definition) is 3. The molecule has 3 nitrogen and oxygen atoms in total. The van der Waals surface area contributed by atoms with Crippen LogP contribution in [0.4, 0.5) is 5.69 Å². The number of anilines is 1. The number of hydrogen-bond donors (Lipinski definition) is 1. The van der Waals surface area contributed by atoms with Crippen LogP contribution in [0.15, 0.2) is 42.7 Å². The highest BCUT2D eigenvalue weighted by molar-refractivity contribution is 6.09. The minimum atomic E-state index is 0.715. The molecule has 0 aliphatic rings. The number of nitrogen functional groups attached to an aromatic ring is 1. The Kier molecular flexibility index (Phi) is 1.59. The summed E-state index contributed by atoms with van der Waals surface area (Å²) in [5, 5.41) is 2.03. The number of nitrogens with zero attached hydrogens (tertiary/aromatic N) is 2. The summed E-state index contributed by atoms with van der Waals surface area (Å²) in [4.78, 5) is 8.63. The molecule has 15 heavy (non-hydrogen) atoms. The Morgan fingerprint density at radius 3 is 2.80 bits per heavy atom. The maximum absolute atomic E-state index is 5.98. The monoisotopic (exact) mass is 195 g/mol. The number of aromatic nitrogens is 2. The molecule has 1 aromatic carbocycles. The Morgan fingerprint density at radius 1 is 0.933 bits per heavy atom. The first kappa shape index (κ1) is 8.17. The first-order chi connectivity index (χ1) is 7.36. The third-order valence-electron chi connectivity index (χ3n) is 2.51. The second-order valence-corrected chi connectivity index (χ2v) is 3.43. The van der Waals surface area contributed by atoms with Gasteiger partial charge in [0.15, 0.2) is 0 Å². The molecule has 3 aromatic rings. The largest absolute Gasteiger partial charge is 0.398 e. The van der Waals surface area contributed by atoms with Crippen molar-refractivity contribution in [1.29, 1.82) is 0 Å². The molecular weight excluding hydrogens is 186 g/mol. The van der Waals surface area contributed by atoms with Gasteiger partial charge in [-0.25, -0.2) is 0 Å². The van der Waals surface area contributed by atoms with Crippen LogP contribution in [-0.2, 0) is 0 Å². The SMILES string of the molecule is Nc1cccnc2ccc3ccnc3c12. The third kappa shape index (κ3) is 1.13. The van der Waals surface area contributed by atoms with E-state index in [1.54, 1.807) is 12.4 Å². The molecule has 0 radical (unpaired) electrons. The Hall–Kier alpha value is -2.16. The van der Waals surface area contributed by atoms with E-state index in [1.165, 1.54) is 0 Å². The smallest absolute Gasteiger partial charge is 0.0817 e. The molecule has 0 atom stereocenters. The second kappa shape index (κ2) is 2.92. The lowest BCUT2D eigenvalue weighted by atomic mass is 10.1. The fourth-order valence-electron chi connectivity index (χ4n) is 1.81. The molecule has 72 valence electrons. The minimum Gasteiger partial charge on any atom is -0.398 e. The summed E-state index contributed by atoms with van der Waals surface area (Å²) in [5.74, 6) is 0. The molecule has 0 saturated carbocycles. The standard InChI is InChI=1S/C12H9N3/c13-9-2-1-6-14-10-4-3-8-5-7-15-12(8)11(9)10/h1-7H,13H2. The van der Waals surface area contributed by atoms with Gasteiger partial charge in [0.25, 0.3) is 0 Å². The summed E-state index contributed by atoms with van der Waals surface area (Å²) < 4.78 is 0. The van der Waals surface area contributed by atoms with Crippen molar-refractivity contribution in [3.63, 3.8) is 0 Å². The maximum Gasteiger partial charge on any atom is 0.0817 e. The van der Waals surface area contributed by atoms with Crippen molar-refractivity contribution >= 4 is 27.5 Å². The molecule has 0 aliphatic carbocycles. The van der Waals surface area contributed by atoms with Crippen LogP contribution in [0.3, 0.4) is 0 Å². The van der Waals surface area contributed by atoms with Gasteiger partial charge in [-0.05, 0) is 24.3 Å². The predicted molar refractivity (Wildman–Crippen MR) is 61.5 cm³/mol. The van der Waals surface area contributed by atoms with Crippen molar-refractivity contribution in [3.8, 4) is 0 Å². The Bertz CT molecular complexity index is 646. The lowest BCUT2D eigenvalue weighted by molar-refractivity contribution is 1.44. The van der Waals surface area contributed by atoms with Gasteiger partial charge in [0, 0.05) is 28.9 Å². The van der Waals surface area contributed by atoms with E-state index in [2.05, 4.69) is 9.97 Å². The lowest BCUT2D eigenvalue weighted by Crippen LogP contribution is -1.85. The Labute approximate surface area is 86.6 Å². The first-order valence-electron chi connectivity index (χ1n) is 4.74. The van der Waals surface area contributed by atoms with E-state index in [9.17, 15) is 0 Å². The first-order valence-corrected chi connectivity index (χ1v) is 4.74. The van der Waals surface area contributed by atoms with E-state index in [4.69, 9.17) is 5.73 Å². The summed E-state index contributed by atoms with van der Waals surface area (Å²) in [7, 11) is 0. The van der Waals surface area contributed by atoms with Crippen LogP contribution in [0.25, 0.3) is 21.8 Å². The zero-order valence-corrected chi connectivity index (χ0v) is 8.01. The molecule has 0 amide bonds. The van der Waals surface area contributed by atoms with E-state index in [0.29, 0.717) is 5.69 Å². The normalized spacial score (nSPS) is 10.9. The zero-order chi connectivity index (χ0) is 10.3. The van der Waals surface area contributed by atoms with Crippen LogP contribution in [-0.4, -0.2) is 9.97 Å². The van der Waals surface area contributed by atoms with Crippen molar-refractivity contribution in [2.24, 2.45) is 0 Å². The van der Waals surface area contributed by atoms with Gasteiger partial charge in [0.05, 0.1) is 11.0 Å². The van der Waals surface area contributed by atoms with Crippen LogP contribution in [0.5, 0.6) is 0 Å². The van der Waals surface area contributed by atoms with Crippen molar-refractivity contribution in [3.05, 3.63) is 42.7 Å². The van der Waals surface area contributed by atoms with Crippen LogP contribution >= 0.6 is 0 Å². The Balaban J connectivity index is 2.68. The second-order valence-electron chi connectivity index (χ2n) is 3.43. The van der Waals surface area contributed by atoms with Gasteiger partial charge in [-0.2, -0.15) is 0 Å². The highest BCUT2D eigenvalue weighted by atomic mass is 14.7. The van der Waals surface area contributed by atoms with Gasteiger partial charge >= 0.3 is 0 Å². The van der Waals surface area contributed by atoms with Gasteiger partial charge < -0.3 is 5.73 Å². The van der Waals surface area contributed by atoms with Crippen molar-refractivity contribution in [2.45, 2.75) is 0 Å². The number of nitrogens with two attached hydrogens (primary N) is 1. The summed E-state index contributed by atoms with van der Waals surface area (Å²) in [6.07, 6.45) is 3.53. The molecule has 0 bridgehead atoms. The van der Waals surface area contributed by atoms with Gasteiger partial charge in [0.2, 0.25) is 0 Å². The van der Waals surface area contributed by atoms with Crippen molar-refractivity contribution < 1.29 is 0 Å². The van der Waals surface area contributed by atoms with E-state index in [-0.39, 0.29) is 0 Å². The minimum absolute atomic E-state index is 0.715. The molecule has 2 aromatic heterocycles. The summed E-state index contributed by atoms with van der Waals surface area (Å²) in [6.45, 7) is 0. The van der Waals surface area contributed by atoms with Crippen molar-refractivity contribution in [1.82, 2.24) is 9.97 Å². The molecule has 3 rings (SSSR count). The highest BCUT2D eigenvalue weighted by Gasteiger charge is 2.04. The topological polar surface area (TPSA) is 51.8 Å². The number of benzene rings is 1. The van der Waals surface area contributed by atoms with Gasteiger partial charge in [0.1, 0.15) is 0 Å². The summed E-state index contributed by atoms with van der Waals surface area (Å²) in [6, 6.07) is 9.64. The predicted octanol–water partition coefficient (Wildman–Crippen LogP) is 2.37. The van der Waals surface area contributed by atoms with Crippen LogP contribution in [0.2, 0.25) is 0 Å². The molecule has 0 spiro atoms. The summed E-state index contributed by atoms with van der Waals surface area (Å²) >= 11 is 0. The van der Waals surface area contributed by atoms with Crippen LogP contribution in [0.1, 0.15) is 0 Å². The van der Waals surface area contributed by atoms with E-state index in [0.717, 1.165) is 21.8 Å². The third-order valence-corrected chi connectivity index (χ3v) is 2.51. The molecule has 2 N–H and O–H groups in total. The molecule has 0 saturated heterocycles. The fourth-order valence-corrected chi connectivity index (χ4v) is 1.81. The lowest BCUT2D eigenvalue weighted by Gasteiger charge is -1.97. The van der Waals surface area contributed by atoms with Gasteiger partial charge in [-0.3, -0.25) is 9.97 Å². The molecular formula is C12H9N3. The fraction of sp³-hybridized carbons (Fsp3) is 0. The quantitative estimate of drug-likeness (QED) is 0.599. The zero-order valence-electron chi connectivity index (χ0n) is 8.01. The highest BCUT2D eigenvalue weighted by Crippen LogP contribution is 2.26. The number of rotatable bonds is 0. The van der Waals surface area contributed by atoms with E-state index < -0.39 is 0 Å². The molecule has 3 heteroatoms. The Morgan fingerprint density at radius 2 is 1.87 bits per heavy atom.